The van der Waals surface area contributed by atoms with Gasteiger partial charge in [0.2, 0.25) is 5.91 Å². The third kappa shape index (κ3) is 4.10. The van der Waals surface area contributed by atoms with Crippen LogP contribution in [-0.4, -0.2) is 59.9 Å². The van der Waals surface area contributed by atoms with Crippen LogP contribution in [0.5, 0.6) is 5.75 Å². The molecule has 1 atom stereocenters. The fraction of sp³-hybridized carbons (Fsp3) is 0.556. The molecule has 7 heteroatoms. The molecule has 2 amide bonds. The average Bonchev–Trinajstić information content (AvgIpc) is 3.11. The Morgan fingerprint density at radius 2 is 1.88 bits per heavy atom. The zero-order valence-electron chi connectivity index (χ0n) is 14.2. The van der Waals surface area contributed by atoms with Crippen LogP contribution < -0.4 is 10.5 Å². The molecule has 136 valence electrons. The number of carbonyl (C=O) groups excluding carboxylic acids is 2. The van der Waals surface area contributed by atoms with Crippen molar-refractivity contribution in [2.24, 2.45) is 5.73 Å². The van der Waals surface area contributed by atoms with Crippen molar-refractivity contribution in [2.75, 3.05) is 26.2 Å². The van der Waals surface area contributed by atoms with E-state index < -0.39 is 5.82 Å². The van der Waals surface area contributed by atoms with Crippen molar-refractivity contribution >= 4 is 11.8 Å². The van der Waals surface area contributed by atoms with E-state index in [1.54, 1.807) is 17.0 Å². The highest BCUT2D eigenvalue weighted by atomic mass is 19.1. The van der Waals surface area contributed by atoms with Crippen LogP contribution in [0.15, 0.2) is 24.3 Å². The van der Waals surface area contributed by atoms with Crippen LogP contribution in [-0.2, 0) is 9.59 Å². The van der Waals surface area contributed by atoms with Gasteiger partial charge in [-0.2, -0.15) is 0 Å². The van der Waals surface area contributed by atoms with Crippen molar-refractivity contribution in [3.8, 4) is 5.75 Å². The van der Waals surface area contributed by atoms with Gasteiger partial charge in [-0.3, -0.25) is 14.5 Å². The van der Waals surface area contributed by atoms with E-state index in [0.29, 0.717) is 13.1 Å². The van der Waals surface area contributed by atoms with Crippen molar-refractivity contribution in [1.29, 1.82) is 0 Å². The molecular weight excluding hydrogens is 325 g/mol. The summed E-state index contributed by atoms with van der Waals surface area (Å²) in [5, 5.41) is 0. The van der Waals surface area contributed by atoms with E-state index in [1.807, 2.05) is 0 Å². The van der Waals surface area contributed by atoms with Gasteiger partial charge in [0.25, 0.3) is 5.91 Å². The number of nitrogens with two attached hydrogens (primary N) is 1. The van der Waals surface area contributed by atoms with Crippen LogP contribution in [0.3, 0.4) is 0 Å². The predicted octanol–water partition coefficient (Wildman–Crippen LogP) is 1.15. The Kier molecular flexibility index (Phi) is 5.53. The molecule has 0 saturated carbocycles. The molecule has 0 aromatic heterocycles. The summed E-state index contributed by atoms with van der Waals surface area (Å²) < 4.78 is 18.8. The molecule has 2 fully saturated rings. The maximum Gasteiger partial charge on any atom is 0.260 e. The number of para-hydroxylation sites is 1. The molecule has 2 N–H and O–H groups in total. The van der Waals surface area contributed by atoms with E-state index in [0.717, 1.165) is 32.2 Å². The number of piperidine rings is 1. The summed E-state index contributed by atoms with van der Waals surface area (Å²) in [7, 11) is 0. The number of rotatable bonds is 5. The SMILES string of the molecule is NC(=O)C1CCCN1C1CCN(C(=O)COc2ccccc2F)CC1. The van der Waals surface area contributed by atoms with Crippen molar-refractivity contribution in [3.05, 3.63) is 30.1 Å². The third-order valence-corrected chi connectivity index (χ3v) is 5.10. The molecule has 1 aromatic rings. The molecular formula is C18H24FN3O3. The first-order valence-corrected chi connectivity index (χ1v) is 8.76. The van der Waals surface area contributed by atoms with Crippen LogP contribution >= 0.6 is 0 Å². The van der Waals surface area contributed by atoms with Gasteiger partial charge in [0.05, 0.1) is 6.04 Å². The maximum atomic E-state index is 13.5. The van der Waals surface area contributed by atoms with Crippen LogP contribution in [0.2, 0.25) is 0 Å². The highest BCUT2D eigenvalue weighted by Crippen LogP contribution is 2.26. The molecule has 2 aliphatic rings. The summed E-state index contributed by atoms with van der Waals surface area (Å²) in [6.07, 6.45) is 3.44. The number of amides is 2. The number of hydrogen-bond donors (Lipinski definition) is 1. The Bertz CT molecular complexity index is 632. The maximum absolute atomic E-state index is 13.5. The number of primary amides is 1. The largest absolute Gasteiger partial charge is 0.481 e. The Morgan fingerprint density at radius 3 is 2.56 bits per heavy atom. The number of ether oxygens (including phenoxy) is 1. The summed E-state index contributed by atoms with van der Waals surface area (Å²) in [4.78, 5) is 27.8. The summed E-state index contributed by atoms with van der Waals surface area (Å²) in [6, 6.07) is 6.17. The first-order chi connectivity index (χ1) is 12.1. The number of carbonyl (C=O) groups is 2. The lowest BCUT2D eigenvalue weighted by Gasteiger charge is -2.38. The van der Waals surface area contributed by atoms with Crippen LogP contribution in [0, 0.1) is 5.82 Å². The first-order valence-electron chi connectivity index (χ1n) is 8.76. The predicted molar refractivity (Wildman–Crippen MR) is 90.4 cm³/mol. The average molecular weight is 349 g/mol. The monoisotopic (exact) mass is 349 g/mol. The quantitative estimate of drug-likeness (QED) is 0.865. The Labute approximate surface area is 146 Å². The zero-order chi connectivity index (χ0) is 17.8. The minimum atomic E-state index is -0.472. The van der Waals surface area contributed by atoms with Gasteiger partial charge in [0, 0.05) is 19.1 Å². The van der Waals surface area contributed by atoms with Gasteiger partial charge in [-0.15, -0.1) is 0 Å². The highest BCUT2D eigenvalue weighted by molar-refractivity contribution is 5.80. The Morgan fingerprint density at radius 1 is 1.16 bits per heavy atom. The van der Waals surface area contributed by atoms with Gasteiger partial charge in [0.15, 0.2) is 18.2 Å². The fourth-order valence-corrected chi connectivity index (χ4v) is 3.77. The van der Waals surface area contributed by atoms with E-state index >= 15 is 0 Å². The molecule has 2 saturated heterocycles. The van der Waals surface area contributed by atoms with Gasteiger partial charge in [-0.05, 0) is 44.4 Å². The van der Waals surface area contributed by atoms with Crippen molar-refractivity contribution in [3.63, 3.8) is 0 Å². The first kappa shape index (κ1) is 17.7. The second-order valence-corrected chi connectivity index (χ2v) is 6.63. The van der Waals surface area contributed by atoms with Crippen LogP contribution in [0.25, 0.3) is 0 Å². The molecule has 2 aliphatic heterocycles. The zero-order valence-corrected chi connectivity index (χ0v) is 14.2. The lowest BCUT2D eigenvalue weighted by Crippen LogP contribution is -2.51. The molecule has 25 heavy (non-hydrogen) atoms. The van der Waals surface area contributed by atoms with Crippen molar-refractivity contribution in [1.82, 2.24) is 9.80 Å². The van der Waals surface area contributed by atoms with E-state index in [9.17, 15) is 14.0 Å². The second kappa shape index (κ2) is 7.82. The topological polar surface area (TPSA) is 75.9 Å². The number of nitrogens with zero attached hydrogens (tertiary/aromatic N) is 2. The lowest BCUT2D eigenvalue weighted by atomic mass is 10.0. The molecule has 0 aliphatic carbocycles. The second-order valence-electron chi connectivity index (χ2n) is 6.63. The third-order valence-electron chi connectivity index (χ3n) is 5.10. The number of hydrogen-bond acceptors (Lipinski definition) is 4. The van der Waals surface area contributed by atoms with Gasteiger partial charge >= 0.3 is 0 Å². The molecule has 3 rings (SSSR count). The van der Waals surface area contributed by atoms with Crippen LogP contribution in [0.1, 0.15) is 25.7 Å². The van der Waals surface area contributed by atoms with Gasteiger partial charge < -0.3 is 15.4 Å². The fourth-order valence-electron chi connectivity index (χ4n) is 3.77. The van der Waals surface area contributed by atoms with E-state index in [2.05, 4.69) is 4.90 Å². The molecule has 2 heterocycles. The minimum Gasteiger partial charge on any atom is -0.481 e. The number of benzene rings is 1. The van der Waals surface area contributed by atoms with Crippen LogP contribution in [0.4, 0.5) is 4.39 Å². The number of halogens is 1. The molecule has 0 bridgehead atoms. The summed E-state index contributed by atoms with van der Waals surface area (Å²) >= 11 is 0. The van der Waals surface area contributed by atoms with Gasteiger partial charge in [0.1, 0.15) is 0 Å². The molecule has 6 nitrogen and oxygen atoms in total. The lowest BCUT2D eigenvalue weighted by molar-refractivity contribution is -0.135. The minimum absolute atomic E-state index is 0.0899. The summed E-state index contributed by atoms with van der Waals surface area (Å²) in [5.41, 5.74) is 5.49. The molecule has 0 spiro atoms. The van der Waals surface area contributed by atoms with E-state index in [1.165, 1.54) is 12.1 Å². The van der Waals surface area contributed by atoms with Gasteiger partial charge in [-0.1, -0.05) is 12.1 Å². The normalized spacial score (nSPS) is 22.1. The summed E-state index contributed by atoms with van der Waals surface area (Å²) in [6.45, 7) is 1.96. The Hall–Kier alpha value is -2.15. The van der Waals surface area contributed by atoms with Crippen molar-refractivity contribution < 1.29 is 18.7 Å². The smallest absolute Gasteiger partial charge is 0.260 e. The standard InChI is InChI=1S/C18H24FN3O3/c19-14-4-1-2-6-16(14)25-12-17(23)21-10-7-13(8-11-21)22-9-3-5-15(22)18(20)24/h1-2,4,6,13,15H,3,5,7-12H2,(H2,20,24). The Balaban J connectivity index is 1.48. The molecule has 0 radical (unpaired) electrons. The number of likely N-dealkylation sites (tertiary alicyclic amines) is 2. The molecule has 1 aromatic carbocycles. The van der Waals surface area contributed by atoms with E-state index in [-0.39, 0.29) is 36.3 Å². The highest BCUT2D eigenvalue weighted by Gasteiger charge is 2.36. The molecule has 1 unspecified atom stereocenters. The van der Waals surface area contributed by atoms with Crippen molar-refractivity contribution in [2.45, 2.75) is 37.8 Å². The van der Waals surface area contributed by atoms with E-state index in [4.69, 9.17) is 10.5 Å². The van der Waals surface area contributed by atoms with Gasteiger partial charge in [-0.25, -0.2) is 4.39 Å². The summed E-state index contributed by atoms with van der Waals surface area (Å²) in [5.74, 6) is -0.781.